The van der Waals surface area contributed by atoms with Gasteiger partial charge in [-0.15, -0.1) is 11.8 Å². The molecule has 0 atom stereocenters. The molecule has 1 aromatic carbocycles. The van der Waals surface area contributed by atoms with E-state index in [0.29, 0.717) is 0 Å². The van der Waals surface area contributed by atoms with Gasteiger partial charge in [0.2, 0.25) is 0 Å². The van der Waals surface area contributed by atoms with E-state index in [0.717, 1.165) is 33.2 Å². The molecule has 0 radical (unpaired) electrons. The highest BCUT2D eigenvalue weighted by atomic mass is 32.2. The zero-order chi connectivity index (χ0) is 19.9. The molecule has 144 valence electrons. The first kappa shape index (κ1) is 18.6. The number of hydrogen-bond donors (Lipinski definition) is 0. The van der Waals surface area contributed by atoms with Crippen molar-refractivity contribution < 1.29 is 4.74 Å². The Bertz CT molecular complexity index is 1120. The number of aryl methyl sites for hydroxylation is 1. The minimum absolute atomic E-state index is 0.0816. The van der Waals surface area contributed by atoms with Gasteiger partial charge in [-0.1, -0.05) is 20.8 Å². The van der Waals surface area contributed by atoms with Crippen molar-refractivity contribution in [2.45, 2.75) is 37.3 Å². The van der Waals surface area contributed by atoms with E-state index >= 15 is 0 Å². The SMILES string of the molecule is COc1cc2ncc(-c3cc(C)cc(-n4cccn4)c3)n2cc1SC(C)(C)C. The van der Waals surface area contributed by atoms with Crippen LogP contribution in [0.15, 0.2) is 60.0 Å². The van der Waals surface area contributed by atoms with Gasteiger partial charge in [-0.25, -0.2) is 9.67 Å². The molecule has 4 aromatic rings. The summed E-state index contributed by atoms with van der Waals surface area (Å²) in [6, 6.07) is 10.4. The van der Waals surface area contributed by atoms with Gasteiger partial charge < -0.3 is 4.74 Å². The summed E-state index contributed by atoms with van der Waals surface area (Å²) in [5.74, 6) is 0.853. The third-order valence-electron chi connectivity index (χ3n) is 4.34. The molecule has 3 heterocycles. The molecule has 6 heteroatoms. The number of aromatic nitrogens is 4. The van der Waals surface area contributed by atoms with Gasteiger partial charge in [-0.05, 0) is 36.8 Å². The molecular formula is C22H24N4OS. The maximum Gasteiger partial charge on any atom is 0.140 e. The topological polar surface area (TPSA) is 44.3 Å². The van der Waals surface area contributed by atoms with Crippen LogP contribution < -0.4 is 4.74 Å². The van der Waals surface area contributed by atoms with Crippen LogP contribution in [-0.2, 0) is 0 Å². The summed E-state index contributed by atoms with van der Waals surface area (Å²) in [6.07, 6.45) is 7.79. The third kappa shape index (κ3) is 3.64. The number of thioether (sulfide) groups is 1. The number of pyridine rings is 1. The number of imidazole rings is 1. The van der Waals surface area contributed by atoms with Gasteiger partial charge in [-0.2, -0.15) is 5.10 Å². The van der Waals surface area contributed by atoms with Gasteiger partial charge in [0.25, 0.3) is 0 Å². The largest absolute Gasteiger partial charge is 0.495 e. The highest BCUT2D eigenvalue weighted by Crippen LogP contribution is 2.39. The lowest BCUT2D eigenvalue weighted by Crippen LogP contribution is -2.07. The summed E-state index contributed by atoms with van der Waals surface area (Å²) in [5, 5.41) is 4.36. The van der Waals surface area contributed by atoms with Crippen LogP contribution in [0.1, 0.15) is 26.3 Å². The van der Waals surface area contributed by atoms with Gasteiger partial charge in [0.1, 0.15) is 11.4 Å². The van der Waals surface area contributed by atoms with E-state index in [-0.39, 0.29) is 4.75 Å². The lowest BCUT2D eigenvalue weighted by Gasteiger charge is -2.20. The van der Waals surface area contributed by atoms with E-state index in [1.807, 2.05) is 29.2 Å². The number of nitrogens with zero attached hydrogens (tertiary/aromatic N) is 4. The molecule has 0 aliphatic heterocycles. The van der Waals surface area contributed by atoms with Crippen molar-refractivity contribution in [1.29, 1.82) is 0 Å². The Hall–Kier alpha value is -2.73. The van der Waals surface area contributed by atoms with Crippen molar-refractivity contribution >= 4 is 17.4 Å². The van der Waals surface area contributed by atoms with Crippen molar-refractivity contribution in [1.82, 2.24) is 19.2 Å². The smallest absolute Gasteiger partial charge is 0.140 e. The molecule has 28 heavy (non-hydrogen) atoms. The highest BCUT2D eigenvalue weighted by Gasteiger charge is 2.18. The van der Waals surface area contributed by atoms with Gasteiger partial charge >= 0.3 is 0 Å². The molecule has 5 nitrogen and oxygen atoms in total. The molecule has 0 amide bonds. The fraction of sp³-hybridized carbons (Fsp3) is 0.273. The molecule has 0 spiro atoms. The second kappa shape index (κ2) is 7.02. The number of methoxy groups -OCH3 is 1. The van der Waals surface area contributed by atoms with Crippen LogP contribution in [0.2, 0.25) is 0 Å². The van der Waals surface area contributed by atoms with Gasteiger partial charge in [0.05, 0.1) is 29.6 Å². The van der Waals surface area contributed by atoms with Crippen molar-refractivity contribution in [2.75, 3.05) is 7.11 Å². The van der Waals surface area contributed by atoms with Gasteiger partial charge in [0.15, 0.2) is 0 Å². The van der Waals surface area contributed by atoms with Crippen LogP contribution in [0, 0.1) is 6.92 Å². The Kier molecular flexibility index (Phi) is 4.67. The minimum Gasteiger partial charge on any atom is -0.495 e. The molecule has 0 saturated carbocycles. The number of hydrogen-bond acceptors (Lipinski definition) is 4. The van der Waals surface area contributed by atoms with Gasteiger partial charge in [-0.3, -0.25) is 4.40 Å². The first-order valence-corrected chi connectivity index (χ1v) is 10.0. The van der Waals surface area contributed by atoms with E-state index in [9.17, 15) is 0 Å². The van der Waals surface area contributed by atoms with Crippen molar-refractivity contribution in [3.05, 3.63) is 60.7 Å². The normalized spacial score (nSPS) is 11.9. The van der Waals surface area contributed by atoms with Crippen molar-refractivity contribution in [2.24, 2.45) is 0 Å². The van der Waals surface area contributed by atoms with E-state index in [2.05, 4.69) is 66.6 Å². The third-order valence-corrected chi connectivity index (χ3v) is 5.48. The summed E-state index contributed by atoms with van der Waals surface area (Å²) in [7, 11) is 1.71. The standard InChI is InChI=1S/C22H24N4OS/c1-15-9-16(11-17(10-15)26-8-6-7-24-26)18-13-23-21-12-19(27-5)20(14-25(18)21)28-22(2,3)4/h6-14H,1-5H3. The molecule has 0 fully saturated rings. The molecule has 0 aliphatic carbocycles. The van der Waals surface area contributed by atoms with Crippen molar-refractivity contribution in [3.63, 3.8) is 0 Å². The zero-order valence-corrected chi connectivity index (χ0v) is 17.6. The highest BCUT2D eigenvalue weighted by molar-refractivity contribution is 8.00. The molecule has 0 aliphatic rings. The van der Waals surface area contributed by atoms with Crippen LogP contribution in [0.5, 0.6) is 5.75 Å². The molecule has 0 saturated heterocycles. The Morgan fingerprint density at radius 3 is 2.61 bits per heavy atom. The first-order valence-electron chi connectivity index (χ1n) is 9.20. The number of benzene rings is 1. The van der Waals surface area contributed by atoms with Crippen LogP contribution in [0.25, 0.3) is 22.6 Å². The Balaban J connectivity index is 1.87. The zero-order valence-electron chi connectivity index (χ0n) is 16.8. The lowest BCUT2D eigenvalue weighted by atomic mass is 10.1. The lowest BCUT2D eigenvalue weighted by molar-refractivity contribution is 0.404. The second-order valence-electron chi connectivity index (χ2n) is 7.80. The number of rotatable bonds is 4. The summed E-state index contributed by atoms with van der Waals surface area (Å²) < 4.78 is 9.71. The Morgan fingerprint density at radius 1 is 1.11 bits per heavy atom. The number of ether oxygens (including phenoxy) is 1. The monoisotopic (exact) mass is 392 g/mol. The number of fused-ring (bicyclic) bond motifs is 1. The minimum atomic E-state index is 0.0816. The molecular weight excluding hydrogens is 368 g/mol. The maximum absolute atomic E-state index is 5.62. The second-order valence-corrected chi connectivity index (χ2v) is 9.67. The summed E-state index contributed by atoms with van der Waals surface area (Å²) in [6.45, 7) is 8.71. The molecule has 0 bridgehead atoms. The predicted molar refractivity (Wildman–Crippen MR) is 115 cm³/mol. The van der Waals surface area contributed by atoms with Crippen LogP contribution in [0.4, 0.5) is 0 Å². The fourth-order valence-corrected chi connectivity index (χ4v) is 4.29. The van der Waals surface area contributed by atoms with Gasteiger partial charge in [0, 0.05) is 35.0 Å². The summed E-state index contributed by atoms with van der Waals surface area (Å²) >= 11 is 1.79. The average molecular weight is 393 g/mol. The van der Waals surface area contributed by atoms with Crippen molar-refractivity contribution in [3.8, 4) is 22.7 Å². The summed E-state index contributed by atoms with van der Waals surface area (Å²) in [4.78, 5) is 5.71. The summed E-state index contributed by atoms with van der Waals surface area (Å²) in [5.41, 5.74) is 5.23. The van der Waals surface area contributed by atoms with E-state index in [1.165, 1.54) is 5.56 Å². The van der Waals surface area contributed by atoms with Crippen LogP contribution >= 0.6 is 11.8 Å². The van der Waals surface area contributed by atoms with E-state index < -0.39 is 0 Å². The predicted octanol–water partition coefficient (Wildman–Crippen LogP) is 5.39. The Morgan fingerprint density at radius 2 is 1.93 bits per heavy atom. The molecule has 4 rings (SSSR count). The average Bonchev–Trinajstić information content (AvgIpc) is 3.29. The molecule has 3 aromatic heterocycles. The van der Waals surface area contributed by atoms with E-state index in [4.69, 9.17) is 4.74 Å². The van der Waals surface area contributed by atoms with E-state index in [1.54, 1.807) is 25.1 Å². The first-order chi connectivity index (χ1) is 13.3. The quantitative estimate of drug-likeness (QED) is 0.437. The fourth-order valence-electron chi connectivity index (χ4n) is 3.23. The van der Waals surface area contributed by atoms with Crippen LogP contribution in [-0.4, -0.2) is 31.0 Å². The molecule has 0 N–H and O–H groups in total. The van der Waals surface area contributed by atoms with Crippen LogP contribution in [0.3, 0.4) is 0 Å². The maximum atomic E-state index is 5.62. The Labute approximate surface area is 169 Å². The molecule has 0 unspecified atom stereocenters.